The van der Waals surface area contributed by atoms with Crippen LogP contribution >= 0.6 is 0 Å². The van der Waals surface area contributed by atoms with E-state index in [1.54, 1.807) is 0 Å². The maximum Gasteiger partial charge on any atom is 0.487 e. The monoisotopic (exact) mass is 233 g/mol. The van der Waals surface area contributed by atoms with E-state index in [0.29, 0.717) is 0 Å². The molecule has 2 heterocycles. The van der Waals surface area contributed by atoms with Crippen LogP contribution in [0.5, 0.6) is 0 Å². The lowest BCUT2D eigenvalue weighted by Gasteiger charge is -2.32. The second kappa shape index (κ2) is 4.04. The van der Waals surface area contributed by atoms with Gasteiger partial charge in [0.25, 0.3) is 0 Å². The molecule has 1 aromatic heterocycles. The van der Waals surface area contributed by atoms with Gasteiger partial charge in [0.2, 0.25) is 0 Å². The molecule has 0 amide bonds. The molecule has 0 unspecified atom stereocenters. The SMILES string of the molecule is Cn1ccc(/C=C/B2OC(C)(C)C(C)(C)O2)c1. The van der Waals surface area contributed by atoms with Crippen molar-refractivity contribution in [1.82, 2.24) is 4.57 Å². The van der Waals surface area contributed by atoms with E-state index in [2.05, 4.69) is 40.0 Å². The highest BCUT2D eigenvalue weighted by Crippen LogP contribution is 2.36. The summed E-state index contributed by atoms with van der Waals surface area (Å²) in [5.41, 5.74) is 0.624. The molecule has 2 rings (SSSR count). The van der Waals surface area contributed by atoms with Crippen LogP contribution in [-0.4, -0.2) is 22.9 Å². The summed E-state index contributed by atoms with van der Waals surface area (Å²) in [4.78, 5) is 0. The molecule has 0 atom stereocenters. The number of hydrogen-bond acceptors (Lipinski definition) is 2. The average molecular weight is 233 g/mol. The quantitative estimate of drug-likeness (QED) is 0.733. The standard InChI is InChI=1S/C13H20BNO2/c1-12(2)13(3,4)17-14(16-12)8-6-11-7-9-15(5)10-11/h6-10H,1-5H3/b8-6+. The van der Waals surface area contributed by atoms with Crippen molar-refractivity contribution in [2.45, 2.75) is 38.9 Å². The smallest absolute Gasteiger partial charge is 0.400 e. The van der Waals surface area contributed by atoms with E-state index in [-0.39, 0.29) is 18.3 Å². The van der Waals surface area contributed by atoms with E-state index in [4.69, 9.17) is 9.31 Å². The summed E-state index contributed by atoms with van der Waals surface area (Å²) < 4.78 is 13.8. The van der Waals surface area contributed by atoms with Gasteiger partial charge in [-0.3, -0.25) is 0 Å². The Bertz CT molecular complexity index is 418. The molecule has 92 valence electrons. The van der Waals surface area contributed by atoms with Gasteiger partial charge in [0.15, 0.2) is 0 Å². The second-order valence-corrected chi connectivity index (χ2v) is 5.59. The van der Waals surface area contributed by atoms with E-state index in [9.17, 15) is 0 Å². The van der Waals surface area contributed by atoms with Crippen molar-refractivity contribution in [1.29, 1.82) is 0 Å². The average Bonchev–Trinajstić information content (AvgIpc) is 2.67. The zero-order chi connectivity index (χ0) is 12.7. The first-order valence-electron chi connectivity index (χ1n) is 5.96. The third kappa shape index (κ3) is 2.48. The first-order chi connectivity index (χ1) is 7.80. The number of rotatable bonds is 2. The Morgan fingerprint density at radius 3 is 2.24 bits per heavy atom. The van der Waals surface area contributed by atoms with Crippen LogP contribution in [0.4, 0.5) is 0 Å². The number of aryl methyl sites for hydroxylation is 1. The number of hydrogen-bond donors (Lipinski definition) is 0. The van der Waals surface area contributed by atoms with Crippen LogP contribution in [-0.2, 0) is 16.4 Å². The Morgan fingerprint density at radius 1 is 1.18 bits per heavy atom. The molecule has 0 aromatic carbocycles. The zero-order valence-electron chi connectivity index (χ0n) is 11.2. The summed E-state index contributed by atoms with van der Waals surface area (Å²) in [6, 6.07) is 2.06. The molecule has 0 radical (unpaired) electrons. The van der Waals surface area contributed by atoms with E-state index in [0.717, 1.165) is 5.56 Å². The molecule has 1 aliphatic rings. The minimum atomic E-state index is -0.265. The van der Waals surface area contributed by atoms with E-state index >= 15 is 0 Å². The third-order valence-electron chi connectivity index (χ3n) is 3.57. The second-order valence-electron chi connectivity index (χ2n) is 5.59. The van der Waals surface area contributed by atoms with Gasteiger partial charge in [0.1, 0.15) is 0 Å². The Hall–Kier alpha value is -0.995. The summed E-state index contributed by atoms with van der Waals surface area (Å²) >= 11 is 0. The summed E-state index contributed by atoms with van der Waals surface area (Å²) in [7, 11) is 1.74. The molecule has 1 aliphatic heterocycles. The molecule has 0 bridgehead atoms. The van der Waals surface area contributed by atoms with E-state index in [1.165, 1.54) is 0 Å². The maximum absolute atomic E-state index is 5.88. The molecule has 4 heteroatoms. The van der Waals surface area contributed by atoms with Gasteiger partial charge in [0, 0.05) is 19.4 Å². The largest absolute Gasteiger partial charge is 0.487 e. The van der Waals surface area contributed by atoms with Crippen LogP contribution in [0.1, 0.15) is 33.3 Å². The molecule has 0 saturated carbocycles. The Morgan fingerprint density at radius 2 is 1.76 bits per heavy atom. The highest BCUT2D eigenvalue weighted by Gasteiger charge is 2.49. The van der Waals surface area contributed by atoms with Crippen LogP contribution in [0.15, 0.2) is 24.4 Å². The fraction of sp³-hybridized carbons (Fsp3) is 0.538. The van der Waals surface area contributed by atoms with Crippen molar-refractivity contribution in [3.8, 4) is 0 Å². The molecule has 0 aliphatic carbocycles. The Kier molecular flexibility index (Phi) is 2.96. The lowest BCUT2D eigenvalue weighted by Crippen LogP contribution is -2.41. The predicted molar refractivity (Wildman–Crippen MR) is 70.5 cm³/mol. The van der Waals surface area contributed by atoms with Gasteiger partial charge in [-0.1, -0.05) is 12.1 Å². The Balaban J connectivity index is 2.05. The van der Waals surface area contributed by atoms with Crippen molar-refractivity contribution in [3.63, 3.8) is 0 Å². The van der Waals surface area contributed by atoms with Gasteiger partial charge in [-0.05, 0) is 39.3 Å². The highest BCUT2D eigenvalue weighted by atomic mass is 16.7. The number of aromatic nitrogens is 1. The maximum atomic E-state index is 5.88. The number of nitrogens with zero attached hydrogens (tertiary/aromatic N) is 1. The zero-order valence-corrected chi connectivity index (χ0v) is 11.2. The van der Waals surface area contributed by atoms with E-state index in [1.807, 2.05) is 29.9 Å². The molecule has 0 spiro atoms. The van der Waals surface area contributed by atoms with Crippen molar-refractivity contribution in [3.05, 3.63) is 30.0 Å². The fourth-order valence-corrected chi connectivity index (χ4v) is 1.78. The van der Waals surface area contributed by atoms with Gasteiger partial charge in [-0.25, -0.2) is 0 Å². The van der Waals surface area contributed by atoms with Gasteiger partial charge in [-0.2, -0.15) is 0 Å². The van der Waals surface area contributed by atoms with Gasteiger partial charge >= 0.3 is 7.12 Å². The minimum absolute atomic E-state index is 0.264. The van der Waals surface area contributed by atoms with Crippen LogP contribution in [0.25, 0.3) is 6.08 Å². The lowest BCUT2D eigenvalue weighted by atomic mass is 9.89. The van der Waals surface area contributed by atoms with Crippen LogP contribution in [0.2, 0.25) is 0 Å². The van der Waals surface area contributed by atoms with Gasteiger partial charge in [0.05, 0.1) is 11.2 Å². The molecule has 0 N–H and O–H groups in total. The molecule has 1 fully saturated rings. The molecular weight excluding hydrogens is 213 g/mol. The topological polar surface area (TPSA) is 23.4 Å². The van der Waals surface area contributed by atoms with E-state index < -0.39 is 0 Å². The third-order valence-corrected chi connectivity index (χ3v) is 3.57. The summed E-state index contributed by atoms with van der Waals surface area (Å²) in [5, 5.41) is 0. The summed E-state index contributed by atoms with van der Waals surface area (Å²) in [6.07, 6.45) is 6.10. The summed E-state index contributed by atoms with van der Waals surface area (Å²) in [5.74, 6) is 1.96. The van der Waals surface area contributed by atoms with Crippen LogP contribution in [0.3, 0.4) is 0 Å². The van der Waals surface area contributed by atoms with Gasteiger partial charge < -0.3 is 13.9 Å². The van der Waals surface area contributed by atoms with Crippen molar-refractivity contribution >= 4 is 13.2 Å². The normalized spacial score (nSPS) is 22.5. The minimum Gasteiger partial charge on any atom is -0.400 e. The van der Waals surface area contributed by atoms with Crippen molar-refractivity contribution < 1.29 is 9.31 Å². The highest BCUT2D eigenvalue weighted by molar-refractivity contribution is 6.52. The molecular formula is C13H20BNO2. The Labute approximate surface area is 104 Å². The van der Waals surface area contributed by atoms with Crippen LogP contribution < -0.4 is 0 Å². The predicted octanol–water partition coefficient (Wildman–Crippen LogP) is 2.67. The fourth-order valence-electron chi connectivity index (χ4n) is 1.78. The lowest BCUT2D eigenvalue weighted by molar-refractivity contribution is 0.00578. The van der Waals surface area contributed by atoms with Crippen molar-refractivity contribution in [2.24, 2.45) is 7.05 Å². The first kappa shape index (κ1) is 12.5. The molecule has 1 saturated heterocycles. The van der Waals surface area contributed by atoms with Crippen molar-refractivity contribution in [2.75, 3.05) is 0 Å². The molecule has 17 heavy (non-hydrogen) atoms. The first-order valence-corrected chi connectivity index (χ1v) is 5.96. The van der Waals surface area contributed by atoms with Gasteiger partial charge in [-0.15, -0.1) is 0 Å². The molecule has 1 aromatic rings. The molecule has 3 nitrogen and oxygen atoms in total. The van der Waals surface area contributed by atoms with Crippen LogP contribution in [0, 0.1) is 0 Å². The summed E-state index contributed by atoms with van der Waals surface area (Å²) in [6.45, 7) is 8.24.